The average molecular weight is 1130 g/mol. The maximum atomic E-state index is 14.4. The zero-order chi connectivity index (χ0) is 58.0. The minimum atomic E-state index is -4.57. The molecule has 1 saturated heterocycles. The predicted molar refractivity (Wildman–Crippen MR) is 316 cm³/mol. The van der Waals surface area contributed by atoms with Crippen LogP contribution in [0.3, 0.4) is 0 Å². The quantitative estimate of drug-likeness (QED) is 0.0491. The minimum Gasteiger partial charge on any atom is -0.543 e. The Morgan fingerprint density at radius 3 is 1.89 bits per heavy atom. The number of carbonyl (C=O) groups is 2. The number of halogens is 3. The molecular weight excluding hydrogens is 1040 g/mol. The van der Waals surface area contributed by atoms with Gasteiger partial charge in [0.05, 0.1) is 49.9 Å². The second-order valence-corrected chi connectivity index (χ2v) is 34.0. The van der Waals surface area contributed by atoms with Crippen LogP contribution in [0.5, 0.6) is 5.75 Å². The maximum Gasteiger partial charge on any atom is 0.415 e. The molecule has 1 aromatic heterocycles. The van der Waals surface area contributed by atoms with Gasteiger partial charge in [0, 0.05) is 42.9 Å². The van der Waals surface area contributed by atoms with Crippen LogP contribution < -0.4 is 25.0 Å². The number of hydrogen-bond acceptors (Lipinski definition) is 9. The summed E-state index contributed by atoms with van der Waals surface area (Å²) in [5.74, 6) is 6.49. The van der Waals surface area contributed by atoms with E-state index in [1.807, 2.05) is 45.0 Å². The number of nitrogens with zero attached hydrogens (tertiary/aromatic N) is 3. The maximum absolute atomic E-state index is 14.4. The number of hydrogen-bond donors (Lipinski definition) is 1. The SMILES string of the molecule is CC(C)(C)OC(=O)N1CCC(Nc2cccc3c2cc(C#CCN(C(=O)OC(C)(C)C)c2cccc(O[Si](C)(C)C(C)(C)C)c2)n3CC(F)(F)F)C(CCOCCOCCO[Si](c2ccccc2)(c2ccccc2)C(C)(C)C)C1. The molecule has 79 heavy (non-hydrogen) atoms. The van der Waals surface area contributed by atoms with Crippen LogP contribution in [-0.4, -0.2) is 114 Å². The van der Waals surface area contributed by atoms with Gasteiger partial charge in [-0.05, 0) is 130 Å². The van der Waals surface area contributed by atoms with Gasteiger partial charge >= 0.3 is 18.4 Å². The average Bonchev–Trinajstić information content (AvgIpc) is 3.90. The number of piperidine rings is 1. The Morgan fingerprint density at radius 1 is 0.709 bits per heavy atom. The number of likely N-dealkylation sites (tertiary alicyclic amines) is 1. The first-order chi connectivity index (χ1) is 36.9. The molecule has 5 aromatic rings. The molecule has 12 nitrogen and oxygen atoms in total. The van der Waals surface area contributed by atoms with Crippen molar-refractivity contribution in [3.05, 3.63) is 115 Å². The first-order valence-electron chi connectivity index (χ1n) is 27.5. The highest BCUT2D eigenvalue weighted by molar-refractivity contribution is 6.99. The van der Waals surface area contributed by atoms with Gasteiger partial charge in [0.25, 0.3) is 8.32 Å². The number of fused-ring (bicyclic) bond motifs is 1. The fraction of sp³-hybridized carbons (Fsp3) is 0.516. The molecular formula is C62H85F3N4O8Si2. The largest absolute Gasteiger partial charge is 0.543 e. The van der Waals surface area contributed by atoms with Crippen LogP contribution >= 0.6 is 0 Å². The molecule has 4 aromatic carbocycles. The third-order valence-electron chi connectivity index (χ3n) is 14.4. The Hall–Kier alpha value is -5.78. The second-order valence-electron chi connectivity index (χ2n) is 24.9. The van der Waals surface area contributed by atoms with Gasteiger partial charge < -0.3 is 42.6 Å². The summed E-state index contributed by atoms with van der Waals surface area (Å²) in [4.78, 5) is 30.3. The standard InChI is InChI=1S/C62H85F3N4O8Si2/c1-58(2,3)75-56(70)67-36-33-53(46(44-67)34-37-72-38-39-73-40-41-74-79(61(10,11)12,50-27-17-15-18-28-50)51-29-19-16-20-30-51)66-54-31-22-32-55-52(54)43-48(69(55)45-62(63,64)65)25-23-35-68(57(71)76-59(4,5)6)47-24-21-26-49(42-47)77-78(13,14)60(7,8)9/h15-22,24,26-32,42-43,46,53,66H,33-41,44-45H2,1-14H3. The molecule has 1 aliphatic heterocycles. The Kier molecular flexibility index (Phi) is 20.4. The smallest absolute Gasteiger partial charge is 0.415 e. The molecule has 0 spiro atoms. The van der Waals surface area contributed by atoms with Gasteiger partial charge in [-0.1, -0.05) is 120 Å². The van der Waals surface area contributed by atoms with Crippen molar-refractivity contribution < 1.29 is 50.6 Å². The van der Waals surface area contributed by atoms with Gasteiger partial charge in [0.15, 0.2) is 0 Å². The normalized spacial score (nSPS) is 15.8. The summed E-state index contributed by atoms with van der Waals surface area (Å²) in [6.45, 7) is 29.5. The lowest BCUT2D eigenvalue weighted by Crippen LogP contribution is -2.66. The molecule has 0 bridgehead atoms. The summed E-state index contributed by atoms with van der Waals surface area (Å²) in [7, 11) is -4.96. The number of aromatic nitrogens is 1. The zero-order valence-corrected chi connectivity index (χ0v) is 51.1. The lowest BCUT2D eigenvalue weighted by molar-refractivity contribution is -0.140. The number of carbonyl (C=O) groups excluding carboxylic acids is 2. The summed E-state index contributed by atoms with van der Waals surface area (Å²) in [5, 5.41) is 6.40. The van der Waals surface area contributed by atoms with Crippen molar-refractivity contribution in [2.75, 3.05) is 62.9 Å². The van der Waals surface area contributed by atoms with Crippen LogP contribution in [0.1, 0.15) is 102 Å². The topological polar surface area (TPSA) is 113 Å². The fourth-order valence-corrected chi connectivity index (χ4v) is 15.2. The summed E-state index contributed by atoms with van der Waals surface area (Å²) >= 11 is 0. The van der Waals surface area contributed by atoms with E-state index in [9.17, 15) is 22.8 Å². The van der Waals surface area contributed by atoms with Gasteiger partial charge in [-0.15, -0.1) is 0 Å². The van der Waals surface area contributed by atoms with E-state index >= 15 is 0 Å². The lowest BCUT2D eigenvalue weighted by Gasteiger charge is -2.43. The number of benzene rings is 4. The number of anilines is 2. The zero-order valence-electron chi connectivity index (χ0n) is 49.1. The number of rotatable bonds is 19. The van der Waals surface area contributed by atoms with Crippen molar-refractivity contribution >= 4 is 61.5 Å². The highest BCUT2D eigenvalue weighted by atomic mass is 28.4. The lowest BCUT2D eigenvalue weighted by atomic mass is 9.89. The van der Waals surface area contributed by atoms with E-state index in [2.05, 4.69) is 120 Å². The van der Waals surface area contributed by atoms with Crippen molar-refractivity contribution in [2.24, 2.45) is 5.92 Å². The molecule has 0 aliphatic carbocycles. The predicted octanol–water partition coefficient (Wildman–Crippen LogP) is 13.4. The van der Waals surface area contributed by atoms with E-state index in [4.69, 9.17) is 27.8 Å². The third-order valence-corrected chi connectivity index (χ3v) is 23.8. The van der Waals surface area contributed by atoms with E-state index in [-0.39, 0.29) is 34.3 Å². The Morgan fingerprint density at radius 2 is 1.30 bits per heavy atom. The molecule has 2 heterocycles. The summed E-state index contributed by atoms with van der Waals surface area (Å²) < 4.78 is 81.9. The summed E-state index contributed by atoms with van der Waals surface area (Å²) in [5.41, 5.74) is 0.0515. The summed E-state index contributed by atoms with van der Waals surface area (Å²) in [6, 6.07) is 34.9. The molecule has 17 heteroatoms. The second kappa shape index (κ2) is 25.8. The molecule has 1 aliphatic rings. The molecule has 2 unspecified atom stereocenters. The first kappa shape index (κ1) is 62.4. The molecule has 1 fully saturated rings. The van der Waals surface area contributed by atoms with Crippen LogP contribution in [0, 0.1) is 17.8 Å². The van der Waals surface area contributed by atoms with E-state index in [1.165, 1.54) is 19.8 Å². The molecule has 2 atom stereocenters. The Balaban J connectivity index is 1.18. The molecule has 1 N–H and O–H groups in total. The van der Waals surface area contributed by atoms with Gasteiger partial charge in [-0.2, -0.15) is 13.2 Å². The molecule has 430 valence electrons. The van der Waals surface area contributed by atoms with Crippen molar-refractivity contribution in [1.29, 1.82) is 0 Å². The van der Waals surface area contributed by atoms with E-state index in [0.717, 1.165) is 0 Å². The fourth-order valence-electron chi connectivity index (χ4n) is 9.59. The van der Waals surface area contributed by atoms with Crippen molar-refractivity contribution in [3.63, 3.8) is 0 Å². The van der Waals surface area contributed by atoms with Gasteiger partial charge in [-0.25, -0.2) is 9.59 Å². The van der Waals surface area contributed by atoms with Gasteiger partial charge in [-0.3, -0.25) is 4.90 Å². The number of ether oxygens (including phenoxy) is 4. The van der Waals surface area contributed by atoms with Crippen LogP contribution in [0.15, 0.2) is 109 Å². The molecule has 0 radical (unpaired) electrons. The first-order valence-corrected chi connectivity index (χ1v) is 32.3. The molecule has 0 saturated carbocycles. The number of nitrogens with one attached hydrogen (secondary N) is 1. The molecule has 2 amide bonds. The van der Waals surface area contributed by atoms with Crippen LogP contribution in [0.25, 0.3) is 10.9 Å². The van der Waals surface area contributed by atoms with E-state index in [1.54, 1.807) is 62.1 Å². The van der Waals surface area contributed by atoms with Gasteiger partial charge in [0.1, 0.15) is 23.5 Å². The highest BCUT2D eigenvalue weighted by Crippen LogP contribution is 2.39. The van der Waals surface area contributed by atoms with Crippen molar-refractivity contribution in [1.82, 2.24) is 9.47 Å². The van der Waals surface area contributed by atoms with E-state index in [0.29, 0.717) is 87.0 Å². The Labute approximate surface area is 469 Å². The number of amides is 2. The van der Waals surface area contributed by atoms with Crippen LogP contribution in [0.4, 0.5) is 34.1 Å². The number of alkyl halides is 3. The summed E-state index contributed by atoms with van der Waals surface area (Å²) in [6.07, 6.45) is -4.50. The minimum absolute atomic E-state index is 0.0801. The monoisotopic (exact) mass is 1130 g/mol. The van der Waals surface area contributed by atoms with Crippen molar-refractivity contribution in [2.45, 2.75) is 149 Å². The third kappa shape index (κ3) is 17.1. The van der Waals surface area contributed by atoms with Crippen LogP contribution in [0.2, 0.25) is 23.2 Å². The van der Waals surface area contributed by atoms with Gasteiger partial charge in [0.2, 0.25) is 8.32 Å². The van der Waals surface area contributed by atoms with Crippen molar-refractivity contribution in [3.8, 4) is 17.6 Å². The van der Waals surface area contributed by atoms with Crippen LogP contribution in [-0.2, 0) is 29.9 Å². The van der Waals surface area contributed by atoms with E-state index < -0.39 is 52.7 Å². The Bertz CT molecular complexity index is 2820. The highest BCUT2D eigenvalue weighted by Gasteiger charge is 2.50. The molecule has 6 rings (SSSR count).